The lowest BCUT2D eigenvalue weighted by Gasteiger charge is -2.32. The van der Waals surface area contributed by atoms with Crippen molar-refractivity contribution in [3.63, 3.8) is 0 Å². The average molecular weight is 198 g/mol. The fourth-order valence-corrected chi connectivity index (χ4v) is 3.37. The Morgan fingerprint density at radius 1 is 1.36 bits per heavy atom. The largest absolute Gasteiger partial charge is 0.469 e. The zero-order chi connectivity index (χ0) is 10.2. The first-order chi connectivity index (χ1) is 6.70. The molecule has 3 heteroatoms. The van der Waals surface area contributed by atoms with Gasteiger partial charge in [0.1, 0.15) is 0 Å². The molecule has 0 radical (unpaired) electrons. The van der Waals surface area contributed by atoms with Crippen LogP contribution in [-0.4, -0.2) is 24.3 Å². The van der Waals surface area contributed by atoms with E-state index in [2.05, 4.69) is 0 Å². The first-order valence-corrected chi connectivity index (χ1v) is 5.46. The maximum Gasteiger partial charge on any atom is 0.309 e. The van der Waals surface area contributed by atoms with Gasteiger partial charge in [-0.15, -0.1) is 0 Å². The molecule has 3 nitrogen and oxygen atoms in total. The van der Waals surface area contributed by atoms with Crippen LogP contribution in [0.4, 0.5) is 0 Å². The van der Waals surface area contributed by atoms with Crippen LogP contribution in [0.1, 0.15) is 38.5 Å². The molecule has 1 spiro atoms. The van der Waals surface area contributed by atoms with E-state index in [0.29, 0.717) is 0 Å². The molecule has 0 aliphatic heterocycles. The highest BCUT2D eigenvalue weighted by atomic mass is 16.5. The van der Waals surface area contributed by atoms with Gasteiger partial charge in [0.15, 0.2) is 0 Å². The van der Waals surface area contributed by atoms with Crippen molar-refractivity contribution in [1.29, 1.82) is 0 Å². The van der Waals surface area contributed by atoms with Gasteiger partial charge >= 0.3 is 5.97 Å². The molecule has 2 rings (SSSR count). The third-order valence-electron chi connectivity index (χ3n) is 4.10. The number of carbonyl (C=O) groups is 1. The molecule has 2 aliphatic carbocycles. The summed E-state index contributed by atoms with van der Waals surface area (Å²) in [6, 6.07) is 0. The van der Waals surface area contributed by atoms with Crippen LogP contribution in [0.5, 0.6) is 0 Å². The van der Waals surface area contributed by atoms with Gasteiger partial charge in [0.25, 0.3) is 0 Å². The number of esters is 1. The van der Waals surface area contributed by atoms with Gasteiger partial charge in [-0.05, 0) is 25.7 Å². The summed E-state index contributed by atoms with van der Waals surface area (Å²) in [7, 11) is 1.44. The highest BCUT2D eigenvalue weighted by Gasteiger charge is 2.53. The Labute approximate surface area is 84.4 Å². The fourth-order valence-electron chi connectivity index (χ4n) is 3.37. The molecule has 0 heterocycles. The number of ether oxygens (including phenoxy) is 1. The van der Waals surface area contributed by atoms with Crippen molar-refractivity contribution in [3.05, 3.63) is 0 Å². The van der Waals surface area contributed by atoms with Gasteiger partial charge < -0.3 is 9.84 Å². The fraction of sp³-hybridized carbons (Fsp3) is 0.909. The van der Waals surface area contributed by atoms with Crippen LogP contribution in [0.2, 0.25) is 0 Å². The van der Waals surface area contributed by atoms with E-state index < -0.39 is 0 Å². The van der Waals surface area contributed by atoms with E-state index in [-0.39, 0.29) is 23.4 Å². The number of hydrogen-bond acceptors (Lipinski definition) is 3. The van der Waals surface area contributed by atoms with Crippen LogP contribution in [0.15, 0.2) is 0 Å². The Balaban J connectivity index is 2.20. The van der Waals surface area contributed by atoms with Gasteiger partial charge in [-0.3, -0.25) is 4.79 Å². The minimum Gasteiger partial charge on any atom is -0.469 e. The van der Waals surface area contributed by atoms with Gasteiger partial charge in [-0.25, -0.2) is 0 Å². The molecule has 0 saturated heterocycles. The number of rotatable bonds is 1. The summed E-state index contributed by atoms with van der Waals surface area (Å²) >= 11 is 0. The van der Waals surface area contributed by atoms with E-state index in [0.717, 1.165) is 38.5 Å². The zero-order valence-electron chi connectivity index (χ0n) is 8.66. The Morgan fingerprint density at radius 2 is 2.00 bits per heavy atom. The summed E-state index contributed by atoms with van der Waals surface area (Å²) in [5, 5.41) is 9.99. The van der Waals surface area contributed by atoms with Gasteiger partial charge in [0.05, 0.1) is 19.1 Å². The topological polar surface area (TPSA) is 46.5 Å². The Bertz CT molecular complexity index is 235. The number of aliphatic hydroxyl groups is 1. The normalized spacial score (nSPS) is 41.9. The summed E-state index contributed by atoms with van der Waals surface area (Å²) in [5.41, 5.74) is -0.132. The predicted molar refractivity (Wildman–Crippen MR) is 51.6 cm³/mol. The van der Waals surface area contributed by atoms with Crippen LogP contribution in [0, 0.1) is 11.3 Å². The van der Waals surface area contributed by atoms with E-state index in [4.69, 9.17) is 4.74 Å². The molecule has 3 atom stereocenters. The Kier molecular flexibility index (Phi) is 2.52. The predicted octanol–water partition coefficient (Wildman–Crippen LogP) is 1.49. The van der Waals surface area contributed by atoms with Crippen LogP contribution < -0.4 is 0 Å². The highest BCUT2D eigenvalue weighted by Crippen LogP contribution is 2.54. The van der Waals surface area contributed by atoms with Crippen molar-refractivity contribution in [2.45, 2.75) is 44.6 Å². The molecule has 0 amide bonds. The molecule has 80 valence electrons. The Hall–Kier alpha value is -0.570. The summed E-state index contributed by atoms with van der Waals surface area (Å²) in [5.74, 6) is -0.173. The van der Waals surface area contributed by atoms with Gasteiger partial charge in [0.2, 0.25) is 0 Å². The second-order valence-electron chi connectivity index (χ2n) is 4.61. The molecule has 0 bridgehead atoms. The monoisotopic (exact) mass is 198 g/mol. The van der Waals surface area contributed by atoms with Gasteiger partial charge in [-0.1, -0.05) is 12.8 Å². The molecule has 14 heavy (non-hydrogen) atoms. The third kappa shape index (κ3) is 1.26. The van der Waals surface area contributed by atoms with Crippen molar-refractivity contribution in [2.75, 3.05) is 7.11 Å². The first-order valence-electron chi connectivity index (χ1n) is 5.46. The SMILES string of the molecule is COC(=O)[C@@H]1CCC[C@@]12CCC[C@@H]2O. The molecular weight excluding hydrogens is 180 g/mol. The standard InChI is InChI=1S/C11H18O3/c1-14-10(13)8-4-2-6-11(8)7-3-5-9(11)12/h8-9,12H,2-7H2,1H3/t8-,9-,11+/m0/s1. The summed E-state index contributed by atoms with van der Waals surface area (Å²) in [6.45, 7) is 0. The van der Waals surface area contributed by atoms with E-state index in [1.54, 1.807) is 0 Å². The average Bonchev–Trinajstić information content (AvgIpc) is 2.76. The first kappa shape index (κ1) is 9.97. The van der Waals surface area contributed by atoms with Gasteiger partial charge in [0, 0.05) is 5.41 Å². The van der Waals surface area contributed by atoms with Gasteiger partial charge in [-0.2, -0.15) is 0 Å². The van der Waals surface area contributed by atoms with E-state index in [9.17, 15) is 9.90 Å². The van der Waals surface area contributed by atoms with Crippen molar-refractivity contribution in [2.24, 2.45) is 11.3 Å². The molecular formula is C11H18O3. The number of hydrogen-bond donors (Lipinski definition) is 1. The summed E-state index contributed by atoms with van der Waals surface area (Å²) in [6.07, 6.45) is 5.55. The molecule has 0 aromatic heterocycles. The molecule has 2 aliphatic rings. The highest BCUT2D eigenvalue weighted by molar-refractivity contribution is 5.74. The molecule has 0 aromatic carbocycles. The maximum absolute atomic E-state index is 11.6. The summed E-state index contributed by atoms with van der Waals surface area (Å²) < 4.78 is 4.82. The lowest BCUT2D eigenvalue weighted by Crippen LogP contribution is -2.38. The minimum absolute atomic E-state index is 0.0509. The molecule has 0 unspecified atom stereocenters. The van der Waals surface area contributed by atoms with Crippen molar-refractivity contribution in [1.82, 2.24) is 0 Å². The number of carbonyl (C=O) groups excluding carboxylic acids is 1. The number of aliphatic hydroxyl groups excluding tert-OH is 1. The smallest absolute Gasteiger partial charge is 0.309 e. The quantitative estimate of drug-likeness (QED) is 0.649. The van der Waals surface area contributed by atoms with Crippen LogP contribution in [0.3, 0.4) is 0 Å². The lowest BCUT2D eigenvalue weighted by atomic mass is 9.74. The van der Waals surface area contributed by atoms with E-state index in [1.165, 1.54) is 7.11 Å². The maximum atomic E-state index is 11.6. The zero-order valence-corrected chi connectivity index (χ0v) is 8.66. The van der Waals surface area contributed by atoms with Crippen molar-refractivity contribution in [3.8, 4) is 0 Å². The molecule has 1 N–H and O–H groups in total. The van der Waals surface area contributed by atoms with E-state index in [1.807, 2.05) is 0 Å². The number of methoxy groups -OCH3 is 1. The summed E-state index contributed by atoms with van der Waals surface area (Å²) in [4.78, 5) is 11.6. The third-order valence-corrected chi connectivity index (χ3v) is 4.10. The van der Waals surface area contributed by atoms with Crippen LogP contribution in [0.25, 0.3) is 0 Å². The van der Waals surface area contributed by atoms with E-state index >= 15 is 0 Å². The second kappa shape index (κ2) is 3.54. The molecule has 0 aromatic rings. The molecule has 2 fully saturated rings. The van der Waals surface area contributed by atoms with Crippen LogP contribution in [-0.2, 0) is 9.53 Å². The second-order valence-corrected chi connectivity index (χ2v) is 4.61. The lowest BCUT2D eigenvalue weighted by molar-refractivity contribution is -0.152. The van der Waals surface area contributed by atoms with Crippen LogP contribution >= 0.6 is 0 Å². The van der Waals surface area contributed by atoms with Crippen molar-refractivity contribution >= 4 is 5.97 Å². The van der Waals surface area contributed by atoms with Crippen molar-refractivity contribution < 1.29 is 14.6 Å². The Morgan fingerprint density at radius 3 is 2.50 bits per heavy atom. The minimum atomic E-state index is -0.283. The molecule has 2 saturated carbocycles.